The lowest BCUT2D eigenvalue weighted by Gasteiger charge is -2.27. The predicted molar refractivity (Wildman–Crippen MR) is 152 cm³/mol. The van der Waals surface area contributed by atoms with Gasteiger partial charge in [0, 0.05) is 18.7 Å². The Kier molecular flexibility index (Phi) is 9.74. The summed E-state index contributed by atoms with van der Waals surface area (Å²) in [7, 11) is -3.91. The van der Waals surface area contributed by atoms with Crippen LogP contribution in [0.2, 0.25) is 0 Å². The third-order valence-corrected chi connectivity index (χ3v) is 10.6. The highest BCUT2D eigenvalue weighted by Gasteiger charge is 2.62. The third kappa shape index (κ3) is 7.01. The molecule has 0 radical (unpaired) electrons. The zero-order chi connectivity index (χ0) is 30.5. The Morgan fingerprint density at radius 1 is 1.21 bits per heavy atom. The molecule has 4 amide bonds. The summed E-state index contributed by atoms with van der Waals surface area (Å²) in [5, 5.41) is 9.25. The van der Waals surface area contributed by atoms with Crippen molar-refractivity contribution in [2.24, 2.45) is 5.92 Å². The highest BCUT2D eigenvalue weighted by atomic mass is 32.2. The molecule has 12 nitrogen and oxygen atoms in total. The zero-order valence-electron chi connectivity index (χ0n) is 24.2. The predicted octanol–water partition coefficient (Wildman–Crippen LogP) is 1.58. The molecule has 1 aliphatic heterocycles. The largest absolute Gasteiger partial charge is 0.342 e. The van der Waals surface area contributed by atoms with Gasteiger partial charge in [-0.2, -0.15) is 5.10 Å². The van der Waals surface area contributed by atoms with E-state index in [9.17, 15) is 32.0 Å². The molecule has 0 bridgehead atoms. The Morgan fingerprint density at radius 3 is 2.67 bits per heavy atom. The second kappa shape index (κ2) is 12.9. The van der Waals surface area contributed by atoms with Crippen molar-refractivity contribution in [2.45, 2.75) is 94.5 Å². The molecule has 42 heavy (non-hydrogen) atoms. The maximum atomic E-state index is 13.5. The van der Waals surface area contributed by atoms with Crippen molar-refractivity contribution in [3.63, 3.8) is 0 Å². The lowest BCUT2D eigenvalue weighted by Crippen LogP contribution is -2.57. The average Bonchev–Trinajstić information content (AvgIpc) is 3.70. The van der Waals surface area contributed by atoms with E-state index in [1.807, 2.05) is 12.2 Å². The number of likely N-dealkylation sites (tertiary alicyclic amines) is 1. The number of amides is 4. The van der Waals surface area contributed by atoms with Gasteiger partial charge in [-0.3, -0.25) is 28.6 Å². The number of unbranched alkanes of at least 4 members (excludes halogenated alkanes) is 3. The summed E-state index contributed by atoms with van der Waals surface area (Å²) < 4.78 is 40.7. The molecule has 4 rings (SSSR count). The van der Waals surface area contributed by atoms with Gasteiger partial charge in [0.2, 0.25) is 21.8 Å². The van der Waals surface area contributed by atoms with Gasteiger partial charge in [-0.25, -0.2) is 12.8 Å². The fraction of sp³-hybridized carbons (Fsp3) is 0.679. The van der Waals surface area contributed by atoms with Gasteiger partial charge in [-0.15, -0.1) is 0 Å². The molecule has 3 N–H and O–H groups in total. The second-order valence-corrected chi connectivity index (χ2v) is 13.9. The fourth-order valence-corrected chi connectivity index (χ4v) is 6.53. The van der Waals surface area contributed by atoms with Gasteiger partial charge >= 0.3 is 0 Å². The normalized spacial score (nSPS) is 24.4. The Balaban J connectivity index is 1.40. The van der Waals surface area contributed by atoms with Gasteiger partial charge in [-0.1, -0.05) is 31.9 Å². The first-order chi connectivity index (χ1) is 20.0. The number of nitrogens with zero attached hydrogens (tertiary/aromatic N) is 3. The first-order valence-corrected chi connectivity index (χ1v) is 16.2. The minimum atomic E-state index is -3.91. The molecule has 0 aromatic carbocycles. The van der Waals surface area contributed by atoms with E-state index in [1.165, 1.54) is 21.8 Å². The molecule has 1 aromatic rings. The van der Waals surface area contributed by atoms with Crippen LogP contribution in [0.3, 0.4) is 0 Å². The maximum absolute atomic E-state index is 13.5. The van der Waals surface area contributed by atoms with E-state index in [0.29, 0.717) is 32.2 Å². The van der Waals surface area contributed by atoms with Crippen LogP contribution in [-0.2, 0) is 31.0 Å². The van der Waals surface area contributed by atoms with Crippen molar-refractivity contribution in [3.8, 4) is 0 Å². The molecule has 2 saturated carbocycles. The highest BCUT2D eigenvalue weighted by Crippen LogP contribution is 2.47. The van der Waals surface area contributed by atoms with Crippen molar-refractivity contribution in [1.29, 1.82) is 0 Å². The number of nitrogens with one attached hydrogen (secondary N) is 3. The number of rotatable bonds is 15. The minimum absolute atomic E-state index is 0.0110. The second-order valence-electron chi connectivity index (χ2n) is 11.7. The van der Waals surface area contributed by atoms with Crippen LogP contribution in [0.5, 0.6) is 0 Å². The first-order valence-electron chi connectivity index (χ1n) is 14.7. The van der Waals surface area contributed by atoms with Crippen LogP contribution < -0.4 is 15.4 Å². The van der Waals surface area contributed by atoms with E-state index in [2.05, 4.69) is 27.4 Å². The van der Waals surface area contributed by atoms with Crippen molar-refractivity contribution in [2.75, 3.05) is 19.8 Å². The molecule has 3 fully saturated rings. The number of carbonyl (C=O) groups is 4. The summed E-state index contributed by atoms with van der Waals surface area (Å²) in [6.07, 6.45) is 11.3. The molecular weight excluding hydrogens is 567 g/mol. The number of hydrogen-bond acceptors (Lipinski definition) is 7. The molecule has 3 unspecified atom stereocenters. The molecule has 1 saturated heterocycles. The van der Waals surface area contributed by atoms with E-state index in [-0.39, 0.29) is 31.1 Å². The number of halogens is 1. The quantitative estimate of drug-likeness (QED) is 0.201. The maximum Gasteiger partial charge on any atom is 0.272 e. The molecule has 3 aliphatic rings. The summed E-state index contributed by atoms with van der Waals surface area (Å²) in [6.45, 7) is 2.99. The van der Waals surface area contributed by atoms with Gasteiger partial charge in [-0.05, 0) is 57.9 Å². The summed E-state index contributed by atoms with van der Waals surface area (Å²) in [5.74, 6) is -2.75. The SMILES string of the molecule is CCCCC/C=C\C1CC1(NC(=O)C1CCCN1C(=O)CNC(=O)c1ccn(CCF)n1)C(=O)NS(=O)(=O)C1(C)CC1. The van der Waals surface area contributed by atoms with Crippen LogP contribution in [-0.4, -0.2) is 82.8 Å². The molecule has 0 spiro atoms. The monoisotopic (exact) mass is 608 g/mol. The van der Waals surface area contributed by atoms with E-state index in [1.54, 1.807) is 6.92 Å². The van der Waals surface area contributed by atoms with Crippen LogP contribution in [0.15, 0.2) is 24.4 Å². The van der Waals surface area contributed by atoms with Crippen molar-refractivity contribution >= 4 is 33.7 Å². The fourth-order valence-electron chi connectivity index (χ4n) is 5.22. The van der Waals surface area contributed by atoms with Crippen LogP contribution in [0.1, 0.15) is 82.1 Å². The molecule has 1 aromatic heterocycles. The molecule has 2 heterocycles. The van der Waals surface area contributed by atoms with E-state index < -0.39 is 56.7 Å². The number of alkyl halides is 1. The summed E-state index contributed by atoms with van der Waals surface area (Å²) in [5.41, 5.74) is -1.38. The van der Waals surface area contributed by atoms with Gasteiger partial charge in [0.25, 0.3) is 11.8 Å². The number of hydrogen-bond donors (Lipinski definition) is 3. The number of aromatic nitrogens is 2. The molecule has 14 heteroatoms. The van der Waals surface area contributed by atoms with Crippen molar-refractivity contribution in [3.05, 3.63) is 30.1 Å². The lowest BCUT2D eigenvalue weighted by atomic mass is 10.1. The minimum Gasteiger partial charge on any atom is -0.342 e. The van der Waals surface area contributed by atoms with Crippen LogP contribution in [0, 0.1) is 5.92 Å². The lowest BCUT2D eigenvalue weighted by molar-refractivity contribution is -0.139. The Bertz CT molecular complexity index is 1330. The third-order valence-electron chi connectivity index (χ3n) is 8.40. The van der Waals surface area contributed by atoms with E-state index in [0.717, 1.165) is 25.7 Å². The molecule has 3 atom stereocenters. The Hall–Kier alpha value is -3.29. The molecule has 232 valence electrons. The van der Waals surface area contributed by atoms with Gasteiger partial charge < -0.3 is 15.5 Å². The van der Waals surface area contributed by atoms with Gasteiger partial charge in [0.05, 0.1) is 17.8 Å². The summed E-state index contributed by atoms with van der Waals surface area (Å²) in [4.78, 5) is 53.7. The van der Waals surface area contributed by atoms with Crippen molar-refractivity contribution < 1.29 is 32.0 Å². The van der Waals surface area contributed by atoms with Gasteiger partial charge in [0.1, 0.15) is 23.9 Å². The van der Waals surface area contributed by atoms with Crippen LogP contribution >= 0.6 is 0 Å². The van der Waals surface area contributed by atoms with E-state index in [4.69, 9.17) is 0 Å². The average molecular weight is 609 g/mol. The first kappa shape index (κ1) is 31.6. The summed E-state index contributed by atoms with van der Waals surface area (Å²) in [6, 6.07) is 0.551. The zero-order valence-corrected chi connectivity index (χ0v) is 25.1. The van der Waals surface area contributed by atoms with Crippen LogP contribution in [0.4, 0.5) is 4.39 Å². The Labute approximate surface area is 245 Å². The highest BCUT2D eigenvalue weighted by molar-refractivity contribution is 7.91. The number of sulfonamides is 1. The van der Waals surface area contributed by atoms with E-state index >= 15 is 0 Å². The number of carbonyl (C=O) groups excluding carboxylic acids is 4. The van der Waals surface area contributed by atoms with Crippen LogP contribution in [0.25, 0.3) is 0 Å². The number of aryl methyl sites for hydroxylation is 1. The summed E-state index contributed by atoms with van der Waals surface area (Å²) >= 11 is 0. The standard InChI is InChI=1S/C28H41FN6O6S/c1-3-4-5-6-7-9-20-18-28(20,26(39)33-42(40,41)27(2)12-13-27)31-25(38)22-10-8-15-35(22)23(36)19-30-24(37)21-11-16-34(32-21)17-14-29/h7,9,11,16,20,22H,3-6,8,10,12-15,17-19H2,1-2H3,(H,30,37)(H,31,38)(H,33,39)/b9-7-. The number of allylic oxidation sites excluding steroid dienone is 1. The van der Waals surface area contributed by atoms with Crippen molar-refractivity contribution in [1.82, 2.24) is 30.0 Å². The Morgan fingerprint density at radius 2 is 1.98 bits per heavy atom. The smallest absolute Gasteiger partial charge is 0.272 e. The topological polar surface area (TPSA) is 160 Å². The van der Waals surface area contributed by atoms with Gasteiger partial charge in [0.15, 0.2) is 0 Å². The molecule has 2 aliphatic carbocycles. The molecular formula is C28H41FN6O6S.